The molecule has 1 aliphatic rings. The number of nitrogens with two attached hydrogens (primary N) is 1. The van der Waals surface area contributed by atoms with Gasteiger partial charge in [-0.25, -0.2) is 4.79 Å². The summed E-state index contributed by atoms with van der Waals surface area (Å²) in [6, 6.07) is 1.05. The molecule has 0 spiro atoms. The predicted molar refractivity (Wildman–Crippen MR) is 67.2 cm³/mol. The minimum Gasteiger partial charge on any atom is -0.387 e. The molecule has 2 heterocycles. The van der Waals surface area contributed by atoms with E-state index >= 15 is 0 Å². The van der Waals surface area contributed by atoms with Crippen LogP contribution in [0.15, 0.2) is 21.9 Å². The Hall–Kier alpha value is -2.01. The molecule has 1 saturated heterocycles. The van der Waals surface area contributed by atoms with E-state index < -0.39 is 47.8 Å². The number of carbonyl (C=O) groups excluding carboxylic acids is 1. The SMILES string of the molecule is COC(C(N)=O)[C@H]1O[C@@H](n2ccc(=O)[nH]c2=O)[C@H](O)[C@@H]1O. The van der Waals surface area contributed by atoms with E-state index in [-0.39, 0.29) is 0 Å². The number of hydrogen-bond donors (Lipinski definition) is 4. The molecule has 1 unspecified atom stereocenters. The number of rotatable bonds is 4. The van der Waals surface area contributed by atoms with Crippen molar-refractivity contribution in [1.82, 2.24) is 9.55 Å². The fourth-order valence-electron chi connectivity index (χ4n) is 2.21. The summed E-state index contributed by atoms with van der Waals surface area (Å²) < 4.78 is 11.0. The van der Waals surface area contributed by atoms with Gasteiger partial charge in [0.25, 0.3) is 5.56 Å². The van der Waals surface area contributed by atoms with Gasteiger partial charge in [-0.15, -0.1) is 0 Å². The second-order valence-electron chi connectivity index (χ2n) is 4.55. The first kappa shape index (κ1) is 15.4. The molecule has 10 heteroatoms. The van der Waals surface area contributed by atoms with Crippen molar-refractivity contribution >= 4 is 5.91 Å². The highest BCUT2D eigenvalue weighted by Gasteiger charge is 2.49. The standard InChI is InChI=1S/C11H15N3O7/c1-20-8(9(12)18)7-5(16)6(17)10(21-7)14-3-2-4(15)13-11(14)19/h2-3,5-8,10,16-17H,1H3,(H2,12,18)(H,13,15,19)/t5-,6+,7-,8?,10+/m0/s1. The molecule has 1 aromatic heterocycles. The van der Waals surface area contributed by atoms with Crippen molar-refractivity contribution in [3.63, 3.8) is 0 Å². The fraction of sp³-hybridized carbons (Fsp3) is 0.545. The van der Waals surface area contributed by atoms with Crippen LogP contribution in [0.3, 0.4) is 0 Å². The van der Waals surface area contributed by atoms with Crippen LogP contribution in [-0.4, -0.2) is 57.2 Å². The van der Waals surface area contributed by atoms with Gasteiger partial charge in [-0.2, -0.15) is 0 Å². The molecule has 0 aliphatic carbocycles. The van der Waals surface area contributed by atoms with Gasteiger partial charge >= 0.3 is 5.69 Å². The van der Waals surface area contributed by atoms with Gasteiger partial charge in [0, 0.05) is 19.4 Å². The molecule has 1 aromatic rings. The molecular weight excluding hydrogens is 286 g/mol. The molecule has 1 amide bonds. The molecule has 116 valence electrons. The maximum Gasteiger partial charge on any atom is 0.330 e. The molecule has 0 aromatic carbocycles. The number of aromatic nitrogens is 2. The first-order chi connectivity index (χ1) is 9.86. The van der Waals surface area contributed by atoms with E-state index in [2.05, 4.69) is 0 Å². The molecule has 10 nitrogen and oxygen atoms in total. The maximum atomic E-state index is 11.7. The number of carbonyl (C=O) groups is 1. The Morgan fingerprint density at radius 1 is 1.48 bits per heavy atom. The number of nitrogens with one attached hydrogen (secondary N) is 1. The van der Waals surface area contributed by atoms with Crippen molar-refractivity contribution in [3.8, 4) is 0 Å². The van der Waals surface area contributed by atoms with Gasteiger partial charge in [-0.1, -0.05) is 0 Å². The number of amides is 1. The van der Waals surface area contributed by atoms with Crippen molar-refractivity contribution in [2.45, 2.75) is 30.6 Å². The minimum absolute atomic E-state index is 0.618. The number of primary amides is 1. The van der Waals surface area contributed by atoms with E-state index in [9.17, 15) is 24.6 Å². The number of aliphatic hydroxyl groups excluding tert-OH is 2. The normalized spacial score (nSPS) is 30.2. The Bertz CT molecular complexity index is 639. The zero-order valence-corrected chi connectivity index (χ0v) is 11.0. The third-order valence-electron chi connectivity index (χ3n) is 3.23. The van der Waals surface area contributed by atoms with Crippen LogP contribution < -0.4 is 17.0 Å². The van der Waals surface area contributed by atoms with E-state index in [1.807, 2.05) is 4.98 Å². The second-order valence-corrected chi connectivity index (χ2v) is 4.55. The van der Waals surface area contributed by atoms with Crippen LogP contribution in [0.1, 0.15) is 6.23 Å². The number of nitrogens with zero attached hydrogens (tertiary/aromatic N) is 1. The predicted octanol–water partition coefficient (Wildman–Crippen LogP) is -3.34. The molecule has 2 rings (SSSR count). The summed E-state index contributed by atoms with van der Waals surface area (Å²) in [6.07, 6.45) is -5.71. The Morgan fingerprint density at radius 3 is 2.67 bits per heavy atom. The Labute approximate surface area is 117 Å². The van der Waals surface area contributed by atoms with Crippen molar-refractivity contribution < 1.29 is 24.5 Å². The number of aliphatic hydroxyl groups is 2. The van der Waals surface area contributed by atoms with Gasteiger partial charge in [0.15, 0.2) is 12.3 Å². The monoisotopic (exact) mass is 301 g/mol. The zero-order chi connectivity index (χ0) is 15.7. The Morgan fingerprint density at radius 2 is 2.14 bits per heavy atom. The molecule has 1 aliphatic heterocycles. The molecule has 5 N–H and O–H groups in total. The first-order valence-electron chi connectivity index (χ1n) is 6.02. The average molecular weight is 301 g/mol. The summed E-state index contributed by atoms with van der Waals surface area (Å²) in [5.41, 5.74) is 3.67. The lowest BCUT2D eigenvalue weighted by atomic mass is 10.1. The molecule has 0 bridgehead atoms. The van der Waals surface area contributed by atoms with Crippen molar-refractivity contribution in [2.75, 3.05) is 7.11 Å². The summed E-state index contributed by atoms with van der Waals surface area (Å²) in [7, 11) is 1.19. The summed E-state index contributed by atoms with van der Waals surface area (Å²) in [5, 5.41) is 19.9. The topological polar surface area (TPSA) is 157 Å². The van der Waals surface area contributed by atoms with Crippen molar-refractivity contribution in [2.24, 2.45) is 5.73 Å². The van der Waals surface area contributed by atoms with Crippen LogP contribution in [0.2, 0.25) is 0 Å². The third kappa shape index (κ3) is 2.74. The lowest BCUT2D eigenvalue weighted by Gasteiger charge is -2.21. The van der Waals surface area contributed by atoms with Crippen LogP contribution in [0.5, 0.6) is 0 Å². The van der Waals surface area contributed by atoms with Crippen LogP contribution in [0.4, 0.5) is 0 Å². The van der Waals surface area contributed by atoms with Gasteiger partial charge in [0.2, 0.25) is 5.91 Å². The van der Waals surface area contributed by atoms with E-state index in [1.165, 1.54) is 7.11 Å². The van der Waals surface area contributed by atoms with E-state index in [1.54, 1.807) is 0 Å². The number of methoxy groups -OCH3 is 1. The largest absolute Gasteiger partial charge is 0.387 e. The Balaban J connectivity index is 2.33. The Kier molecular flexibility index (Phi) is 4.23. The first-order valence-corrected chi connectivity index (χ1v) is 6.02. The van der Waals surface area contributed by atoms with Crippen LogP contribution in [0.25, 0.3) is 0 Å². The highest BCUT2D eigenvalue weighted by Crippen LogP contribution is 2.30. The maximum absolute atomic E-state index is 11.7. The molecule has 0 radical (unpaired) electrons. The number of hydrogen-bond acceptors (Lipinski definition) is 7. The van der Waals surface area contributed by atoms with Crippen LogP contribution >= 0.6 is 0 Å². The molecule has 0 saturated carbocycles. The van der Waals surface area contributed by atoms with Gasteiger partial charge in [-0.05, 0) is 0 Å². The summed E-state index contributed by atoms with van der Waals surface area (Å²) >= 11 is 0. The minimum atomic E-state index is -1.50. The second kappa shape index (κ2) is 5.77. The van der Waals surface area contributed by atoms with Gasteiger partial charge in [0.1, 0.15) is 18.3 Å². The fourth-order valence-corrected chi connectivity index (χ4v) is 2.21. The van der Waals surface area contributed by atoms with E-state index in [0.29, 0.717) is 0 Å². The molecular formula is C11H15N3O7. The van der Waals surface area contributed by atoms with E-state index in [4.69, 9.17) is 15.2 Å². The van der Waals surface area contributed by atoms with Gasteiger partial charge in [0.05, 0.1) is 0 Å². The van der Waals surface area contributed by atoms with Crippen LogP contribution in [-0.2, 0) is 14.3 Å². The smallest absolute Gasteiger partial charge is 0.330 e. The third-order valence-corrected chi connectivity index (χ3v) is 3.23. The summed E-state index contributed by atoms with van der Waals surface area (Å²) in [5.74, 6) is -0.886. The highest BCUT2D eigenvalue weighted by molar-refractivity contribution is 5.79. The molecule has 1 fully saturated rings. The van der Waals surface area contributed by atoms with E-state index in [0.717, 1.165) is 16.8 Å². The lowest BCUT2D eigenvalue weighted by Crippen LogP contribution is -2.46. The lowest BCUT2D eigenvalue weighted by molar-refractivity contribution is -0.144. The molecule has 5 atom stereocenters. The van der Waals surface area contributed by atoms with Crippen molar-refractivity contribution in [3.05, 3.63) is 33.1 Å². The highest BCUT2D eigenvalue weighted by atomic mass is 16.6. The zero-order valence-electron chi connectivity index (χ0n) is 11.0. The van der Waals surface area contributed by atoms with Gasteiger partial charge in [-0.3, -0.25) is 19.1 Å². The summed E-state index contributed by atoms with van der Waals surface area (Å²) in [4.78, 5) is 35.9. The quantitative estimate of drug-likeness (QED) is 0.452. The molecule has 21 heavy (non-hydrogen) atoms. The average Bonchev–Trinajstić information content (AvgIpc) is 2.68. The number of H-pyrrole nitrogens is 1. The number of aromatic amines is 1. The van der Waals surface area contributed by atoms with Crippen molar-refractivity contribution in [1.29, 1.82) is 0 Å². The summed E-state index contributed by atoms with van der Waals surface area (Å²) in [6.45, 7) is 0. The van der Waals surface area contributed by atoms with Crippen LogP contribution in [0, 0.1) is 0 Å². The number of ether oxygens (including phenoxy) is 2. The van der Waals surface area contributed by atoms with Gasteiger partial charge < -0.3 is 25.4 Å².